The van der Waals surface area contributed by atoms with Gasteiger partial charge in [0.05, 0.1) is 0 Å². The molecule has 118 valence electrons. The maximum absolute atomic E-state index is 12.2. The number of fused-ring (bicyclic) bond motifs is 1. The van der Waals surface area contributed by atoms with Crippen LogP contribution in [0.5, 0.6) is 0 Å². The maximum Gasteiger partial charge on any atom is 0.389 e. The van der Waals surface area contributed by atoms with Crippen LogP contribution in [0.15, 0.2) is 34.9 Å². The third-order valence-corrected chi connectivity index (χ3v) is 3.89. The normalized spacial score (nSPS) is 15.8. The molecule has 1 aromatic heterocycles. The van der Waals surface area contributed by atoms with Crippen LogP contribution >= 0.6 is 0 Å². The second-order valence-corrected chi connectivity index (χ2v) is 5.54. The Labute approximate surface area is 126 Å². The molecule has 1 aliphatic rings. The summed E-state index contributed by atoms with van der Waals surface area (Å²) in [6, 6.07) is 9.71. The molecule has 0 atom stereocenters. The fourth-order valence-electron chi connectivity index (χ4n) is 2.78. The molecule has 22 heavy (non-hydrogen) atoms. The summed E-state index contributed by atoms with van der Waals surface area (Å²) in [5.74, 6) is 0.853. The van der Waals surface area contributed by atoms with Crippen molar-refractivity contribution < 1.29 is 17.7 Å². The third-order valence-electron chi connectivity index (χ3n) is 3.89. The van der Waals surface area contributed by atoms with Gasteiger partial charge in [0.2, 0.25) is 0 Å². The zero-order valence-corrected chi connectivity index (χ0v) is 12.1. The van der Waals surface area contributed by atoms with Crippen LogP contribution in [-0.2, 0) is 13.0 Å². The highest BCUT2D eigenvalue weighted by Crippen LogP contribution is 2.30. The molecule has 3 nitrogen and oxygen atoms in total. The SMILES string of the molecule is FC(F)(F)CCCN1CCc2onc(-c3ccccc3)c2C1. The standard InChI is InChI=1S/C16H17F3N2O/c17-16(18,19)8-4-9-21-10-7-14-13(11-21)15(20-22-14)12-5-2-1-3-6-12/h1-3,5-6H,4,7-11H2. The summed E-state index contributed by atoms with van der Waals surface area (Å²) < 4.78 is 42.1. The van der Waals surface area contributed by atoms with Crippen LogP contribution in [0.25, 0.3) is 11.3 Å². The van der Waals surface area contributed by atoms with Crippen LogP contribution < -0.4 is 0 Å². The molecule has 0 saturated heterocycles. The quantitative estimate of drug-likeness (QED) is 0.853. The molecule has 2 aromatic rings. The van der Waals surface area contributed by atoms with E-state index in [4.69, 9.17) is 4.52 Å². The first-order chi connectivity index (χ1) is 10.5. The first kappa shape index (κ1) is 15.1. The topological polar surface area (TPSA) is 29.3 Å². The molecule has 0 radical (unpaired) electrons. The van der Waals surface area contributed by atoms with E-state index in [-0.39, 0.29) is 6.42 Å². The number of alkyl halides is 3. The molecule has 0 amide bonds. The highest BCUT2D eigenvalue weighted by atomic mass is 19.4. The van der Waals surface area contributed by atoms with Gasteiger partial charge in [0.15, 0.2) is 0 Å². The van der Waals surface area contributed by atoms with Gasteiger partial charge < -0.3 is 4.52 Å². The Kier molecular flexibility index (Phi) is 4.20. The number of nitrogens with zero attached hydrogens (tertiary/aromatic N) is 2. The van der Waals surface area contributed by atoms with Crippen molar-refractivity contribution in [1.29, 1.82) is 0 Å². The summed E-state index contributed by atoms with van der Waals surface area (Å²) in [4.78, 5) is 2.04. The van der Waals surface area contributed by atoms with Crippen LogP contribution in [-0.4, -0.2) is 29.3 Å². The molecule has 2 heterocycles. The number of rotatable bonds is 4. The van der Waals surface area contributed by atoms with Crippen LogP contribution in [0.1, 0.15) is 24.2 Å². The van der Waals surface area contributed by atoms with E-state index in [1.165, 1.54) is 0 Å². The Morgan fingerprint density at radius 3 is 2.68 bits per heavy atom. The largest absolute Gasteiger partial charge is 0.389 e. The molecule has 0 aliphatic carbocycles. The average molecular weight is 310 g/mol. The molecule has 0 N–H and O–H groups in total. The Morgan fingerprint density at radius 2 is 1.95 bits per heavy atom. The summed E-state index contributed by atoms with van der Waals surface area (Å²) in [6.45, 7) is 1.76. The second kappa shape index (κ2) is 6.12. The van der Waals surface area contributed by atoms with Crippen molar-refractivity contribution in [3.8, 4) is 11.3 Å². The fourth-order valence-corrected chi connectivity index (χ4v) is 2.78. The van der Waals surface area contributed by atoms with E-state index in [9.17, 15) is 13.2 Å². The van der Waals surface area contributed by atoms with Crippen molar-refractivity contribution in [2.24, 2.45) is 0 Å². The molecule has 0 unspecified atom stereocenters. The van der Waals surface area contributed by atoms with Gasteiger partial charge in [0.25, 0.3) is 0 Å². The minimum Gasteiger partial charge on any atom is -0.360 e. The Balaban J connectivity index is 1.69. The lowest BCUT2D eigenvalue weighted by atomic mass is 10.0. The second-order valence-electron chi connectivity index (χ2n) is 5.54. The lowest BCUT2D eigenvalue weighted by Gasteiger charge is -2.26. The first-order valence-corrected chi connectivity index (χ1v) is 7.35. The van der Waals surface area contributed by atoms with E-state index in [1.54, 1.807) is 0 Å². The number of halogens is 3. The van der Waals surface area contributed by atoms with Gasteiger partial charge in [-0.15, -0.1) is 0 Å². The number of benzene rings is 1. The molecule has 1 aromatic carbocycles. The monoisotopic (exact) mass is 310 g/mol. The Hall–Kier alpha value is -1.82. The van der Waals surface area contributed by atoms with Gasteiger partial charge in [-0.25, -0.2) is 0 Å². The van der Waals surface area contributed by atoms with Gasteiger partial charge in [-0.05, 0) is 13.0 Å². The molecule has 3 rings (SSSR count). The van der Waals surface area contributed by atoms with Crippen LogP contribution in [0.3, 0.4) is 0 Å². The van der Waals surface area contributed by atoms with Gasteiger partial charge in [-0.1, -0.05) is 35.5 Å². The third kappa shape index (κ3) is 3.50. The van der Waals surface area contributed by atoms with Crippen molar-refractivity contribution in [3.05, 3.63) is 41.7 Å². The predicted molar refractivity (Wildman–Crippen MR) is 76.2 cm³/mol. The average Bonchev–Trinajstić information content (AvgIpc) is 2.90. The first-order valence-electron chi connectivity index (χ1n) is 7.35. The van der Waals surface area contributed by atoms with E-state index in [2.05, 4.69) is 5.16 Å². The van der Waals surface area contributed by atoms with Crippen molar-refractivity contribution >= 4 is 0 Å². The molecular formula is C16H17F3N2O. The lowest BCUT2D eigenvalue weighted by molar-refractivity contribution is -0.136. The van der Waals surface area contributed by atoms with Crippen LogP contribution in [0.4, 0.5) is 13.2 Å². The lowest BCUT2D eigenvalue weighted by Crippen LogP contribution is -2.31. The van der Waals surface area contributed by atoms with Gasteiger partial charge in [0, 0.05) is 37.1 Å². The molecule has 0 saturated carbocycles. The zero-order chi connectivity index (χ0) is 15.6. The minimum absolute atomic E-state index is 0.130. The van der Waals surface area contributed by atoms with E-state index in [0.717, 1.165) is 22.6 Å². The maximum atomic E-state index is 12.2. The summed E-state index contributed by atoms with van der Waals surface area (Å²) >= 11 is 0. The molecule has 1 aliphatic heterocycles. The molecule has 0 spiro atoms. The number of hydrogen-bond acceptors (Lipinski definition) is 3. The summed E-state index contributed by atoms with van der Waals surface area (Å²) in [6.07, 6.45) is -3.98. The summed E-state index contributed by atoms with van der Waals surface area (Å²) in [5, 5.41) is 4.14. The van der Waals surface area contributed by atoms with Crippen LogP contribution in [0, 0.1) is 0 Å². The van der Waals surface area contributed by atoms with Crippen molar-refractivity contribution in [3.63, 3.8) is 0 Å². The van der Waals surface area contributed by atoms with Crippen molar-refractivity contribution in [2.45, 2.75) is 32.0 Å². The van der Waals surface area contributed by atoms with E-state index in [1.807, 2.05) is 35.2 Å². The van der Waals surface area contributed by atoms with E-state index >= 15 is 0 Å². The fraction of sp³-hybridized carbons (Fsp3) is 0.438. The van der Waals surface area contributed by atoms with E-state index in [0.29, 0.717) is 26.1 Å². The van der Waals surface area contributed by atoms with Gasteiger partial charge in [-0.3, -0.25) is 4.90 Å². The van der Waals surface area contributed by atoms with E-state index < -0.39 is 12.6 Å². The van der Waals surface area contributed by atoms with Crippen LogP contribution in [0.2, 0.25) is 0 Å². The summed E-state index contributed by atoms with van der Waals surface area (Å²) in [5.41, 5.74) is 2.78. The Bertz CT molecular complexity index is 622. The highest BCUT2D eigenvalue weighted by molar-refractivity contribution is 5.63. The summed E-state index contributed by atoms with van der Waals surface area (Å²) in [7, 11) is 0. The smallest absolute Gasteiger partial charge is 0.360 e. The molecule has 6 heteroatoms. The molecule has 0 fully saturated rings. The van der Waals surface area contributed by atoms with Gasteiger partial charge >= 0.3 is 6.18 Å². The highest BCUT2D eigenvalue weighted by Gasteiger charge is 2.28. The van der Waals surface area contributed by atoms with Gasteiger partial charge in [0.1, 0.15) is 11.5 Å². The molecular weight excluding hydrogens is 293 g/mol. The van der Waals surface area contributed by atoms with Crippen molar-refractivity contribution in [1.82, 2.24) is 10.1 Å². The zero-order valence-electron chi connectivity index (χ0n) is 12.1. The van der Waals surface area contributed by atoms with Crippen molar-refractivity contribution in [2.75, 3.05) is 13.1 Å². The van der Waals surface area contributed by atoms with Gasteiger partial charge in [-0.2, -0.15) is 13.2 Å². The Morgan fingerprint density at radius 1 is 1.18 bits per heavy atom. The minimum atomic E-state index is -4.08. The number of aromatic nitrogens is 1. The predicted octanol–water partition coefficient (Wildman–Crippen LogP) is 4.04. The number of hydrogen-bond donors (Lipinski definition) is 0. The molecule has 0 bridgehead atoms.